The molecule has 2 aromatic rings. The maximum absolute atomic E-state index is 5.86. The van der Waals surface area contributed by atoms with Gasteiger partial charge >= 0.3 is 0 Å². The van der Waals surface area contributed by atoms with Crippen molar-refractivity contribution in [2.45, 2.75) is 45.1 Å². The van der Waals surface area contributed by atoms with E-state index < -0.39 is 8.07 Å². The molecule has 0 bridgehead atoms. The van der Waals surface area contributed by atoms with Crippen LogP contribution in [0.5, 0.6) is 0 Å². The molecule has 0 radical (unpaired) electrons. The second-order valence-corrected chi connectivity index (χ2v) is 12.3. The molecular formula is C17H21BrN2OSi. The van der Waals surface area contributed by atoms with Crippen LogP contribution in [0.1, 0.15) is 31.1 Å². The normalized spacial score (nSPS) is 19.0. The van der Waals surface area contributed by atoms with Gasteiger partial charge in [0.05, 0.1) is 11.7 Å². The van der Waals surface area contributed by atoms with Crippen molar-refractivity contribution in [1.82, 2.24) is 9.78 Å². The van der Waals surface area contributed by atoms with Crippen LogP contribution in [0.15, 0.2) is 22.8 Å². The van der Waals surface area contributed by atoms with Gasteiger partial charge in [-0.15, -0.1) is 5.54 Å². The van der Waals surface area contributed by atoms with E-state index in [1.165, 1.54) is 6.42 Å². The third-order valence-corrected chi connectivity index (χ3v) is 5.44. The predicted molar refractivity (Wildman–Crippen MR) is 96.5 cm³/mol. The van der Waals surface area contributed by atoms with E-state index >= 15 is 0 Å². The molecule has 1 aromatic heterocycles. The Morgan fingerprint density at radius 1 is 1.32 bits per heavy atom. The van der Waals surface area contributed by atoms with Crippen LogP contribution in [0, 0.1) is 11.5 Å². The fourth-order valence-corrected chi connectivity index (χ4v) is 3.63. The fraction of sp³-hybridized carbons (Fsp3) is 0.471. The summed E-state index contributed by atoms with van der Waals surface area (Å²) in [6, 6.07) is 4.19. The first kappa shape index (κ1) is 15.8. The van der Waals surface area contributed by atoms with Crippen molar-refractivity contribution in [2.24, 2.45) is 0 Å². The molecular weight excluding hydrogens is 356 g/mol. The Kier molecular flexibility index (Phi) is 4.44. The van der Waals surface area contributed by atoms with Gasteiger partial charge in [0, 0.05) is 22.0 Å². The van der Waals surface area contributed by atoms with Crippen LogP contribution in [0.2, 0.25) is 19.6 Å². The lowest BCUT2D eigenvalue weighted by Gasteiger charge is -2.23. The molecule has 0 spiro atoms. The Labute approximate surface area is 141 Å². The maximum Gasteiger partial charge on any atom is 0.150 e. The van der Waals surface area contributed by atoms with Crippen LogP contribution in [-0.2, 0) is 4.74 Å². The van der Waals surface area contributed by atoms with Crippen molar-refractivity contribution in [3.05, 3.63) is 28.4 Å². The average Bonchev–Trinajstić information content (AvgIpc) is 2.91. The Morgan fingerprint density at radius 2 is 2.14 bits per heavy atom. The predicted octanol–water partition coefficient (Wildman–Crippen LogP) is 4.73. The Balaban J connectivity index is 2.00. The molecule has 0 aliphatic carbocycles. The number of benzene rings is 1. The Morgan fingerprint density at radius 3 is 2.82 bits per heavy atom. The number of rotatable bonds is 1. The van der Waals surface area contributed by atoms with Crippen LogP contribution in [0.3, 0.4) is 0 Å². The van der Waals surface area contributed by atoms with Gasteiger partial charge in [-0.1, -0.05) is 25.6 Å². The summed E-state index contributed by atoms with van der Waals surface area (Å²) < 4.78 is 8.90. The number of fused-ring (bicyclic) bond motifs is 1. The summed E-state index contributed by atoms with van der Waals surface area (Å²) in [4.78, 5) is 0. The highest BCUT2D eigenvalue weighted by molar-refractivity contribution is 9.10. The summed E-state index contributed by atoms with van der Waals surface area (Å²) in [6.45, 7) is 7.59. The molecule has 1 aliphatic heterocycles. The molecule has 3 rings (SSSR count). The molecule has 0 amide bonds. The molecule has 0 N–H and O–H groups in total. The third kappa shape index (κ3) is 3.29. The molecule has 2 heterocycles. The number of halogens is 1. The van der Waals surface area contributed by atoms with Crippen LogP contribution < -0.4 is 0 Å². The fourth-order valence-electron chi connectivity index (χ4n) is 2.58. The van der Waals surface area contributed by atoms with Crippen molar-refractivity contribution in [2.75, 3.05) is 6.61 Å². The first-order valence-corrected chi connectivity index (χ1v) is 12.1. The lowest BCUT2D eigenvalue weighted by Crippen LogP contribution is -2.18. The number of aromatic nitrogens is 2. The molecule has 1 saturated heterocycles. The van der Waals surface area contributed by atoms with Crippen LogP contribution in [0.4, 0.5) is 0 Å². The topological polar surface area (TPSA) is 27.1 Å². The summed E-state index contributed by atoms with van der Waals surface area (Å²) in [6.07, 6.45) is 5.36. The van der Waals surface area contributed by atoms with Gasteiger partial charge in [-0.25, -0.2) is 4.68 Å². The SMILES string of the molecule is C[Si](C)(C)C#Cc1ccc2c(cnn2C2CCCCO2)c1Br. The smallest absolute Gasteiger partial charge is 0.150 e. The van der Waals surface area contributed by atoms with Crippen molar-refractivity contribution in [1.29, 1.82) is 0 Å². The molecule has 22 heavy (non-hydrogen) atoms. The summed E-state index contributed by atoms with van der Waals surface area (Å²) in [7, 11) is -1.37. The van der Waals surface area contributed by atoms with Crippen LogP contribution in [-0.4, -0.2) is 24.5 Å². The van der Waals surface area contributed by atoms with E-state index in [2.05, 4.69) is 64.3 Å². The molecule has 1 aliphatic rings. The summed E-state index contributed by atoms with van der Waals surface area (Å²) in [5.41, 5.74) is 5.57. The minimum absolute atomic E-state index is 0.0667. The van der Waals surface area contributed by atoms with Gasteiger partial charge in [0.2, 0.25) is 0 Å². The van der Waals surface area contributed by atoms with E-state index in [4.69, 9.17) is 4.74 Å². The highest BCUT2D eigenvalue weighted by Crippen LogP contribution is 2.31. The number of hydrogen-bond acceptors (Lipinski definition) is 2. The van der Waals surface area contributed by atoms with Gasteiger partial charge in [0.1, 0.15) is 8.07 Å². The van der Waals surface area contributed by atoms with E-state index in [-0.39, 0.29) is 6.23 Å². The molecule has 1 fully saturated rings. The van der Waals surface area contributed by atoms with Gasteiger partial charge < -0.3 is 4.74 Å². The number of ether oxygens (including phenoxy) is 1. The Bertz CT molecular complexity index is 746. The lowest BCUT2D eigenvalue weighted by atomic mass is 10.1. The molecule has 1 unspecified atom stereocenters. The van der Waals surface area contributed by atoms with Crippen molar-refractivity contribution in [3.63, 3.8) is 0 Å². The first-order valence-electron chi connectivity index (χ1n) is 7.76. The maximum atomic E-state index is 5.86. The van der Waals surface area contributed by atoms with Gasteiger partial charge in [0.15, 0.2) is 6.23 Å². The van der Waals surface area contributed by atoms with E-state index in [0.717, 1.165) is 40.4 Å². The minimum atomic E-state index is -1.37. The molecule has 116 valence electrons. The van der Waals surface area contributed by atoms with Gasteiger partial charge in [-0.3, -0.25) is 0 Å². The van der Waals surface area contributed by atoms with Crippen LogP contribution >= 0.6 is 15.9 Å². The highest BCUT2D eigenvalue weighted by atomic mass is 79.9. The van der Waals surface area contributed by atoms with Crippen molar-refractivity contribution < 1.29 is 4.74 Å². The summed E-state index contributed by atoms with van der Waals surface area (Å²) in [5.74, 6) is 3.33. The van der Waals surface area contributed by atoms with E-state index in [1.807, 2.05) is 10.9 Å². The quantitative estimate of drug-likeness (QED) is 0.531. The van der Waals surface area contributed by atoms with E-state index in [1.54, 1.807) is 0 Å². The minimum Gasteiger partial charge on any atom is -0.356 e. The zero-order valence-electron chi connectivity index (χ0n) is 13.3. The summed E-state index contributed by atoms with van der Waals surface area (Å²) >= 11 is 3.71. The zero-order valence-corrected chi connectivity index (χ0v) is 15.9. The Hall–Kier alpha value is -1.09. The number of hydrogen-bond donors (Lipinski definition) is 0. The van der Waals surface area contributed by atoms with E-state index in [9.17, 15) is 0 Å². The number of nitrogens with zero attached hydrogens (tertiary/aromatic N) is 2. The monoisotopic (exact) mass is 376 g/mol. The second kappa shape index (κ2) is 6.19. The van der Waals surface area contributed by atoms with Crippen molar-refractivity contribution >= 4 is 34.9 Å². The molecule has 3 nitrogen and oxygen atoms in total. The van der Waals surface area contributed by atoms with Gasteiger partial charge in [-0.2, -0.15) is 5.10 Å². The summed E-state index contributed by atoms with van der Waals surface area (Å²) in [5, 5.41) is 5.66. The molecule has 0 saturated carbocycles. The molecule has 5 heteroatoms. The highest BCUT2D eigenvalue weighted by Gasteiger charge is 2.19. The van der Waals surface area contributed by atoms with E-state index in [0.29, 0.717) is 0 Å². The van der Waals surface area contributed by atoms with Gasteiger partial charge in [-0.05, 0) is 47.3 Å². The lowest BCUT2D eigenvalue weighted by molar-refractivity contribution is -0.0366. The molecule has 1 aromatic carbocycles. The molecule has 1 atom stereocenters. The average molecular weight is 377 g/mol. The zero-order chi connectivity index (χ0) is 15.7. The van der Waals surface area contributed by atoms with Crippen molar-refractivity contribution in [3.8, 4) is 11.5 Å². The largest absolute Gasteiger partial charge is 0.356 e. The standard InChI is InChI=1S/C17H21BrN2OSi/c1-22(2,3)11-9-13-7-8-15-14(17(13)18)12-19-20(15)16-6-4-5-10-21-16/h7-8,12,16H,4-6,10H2,1-3H3. The van der Waals surface area contributed by atoms with Crippen LogP contribution in [0.25, 0.3) is 10.9 Å². The third-order valence-electron chi connectivity index (χ3n) is 3.72. The second-order valence-electron chi connectivity index (χ2n) is 6.77. The van der Waals surface area contributed by atoms with Gasteiger partial charge in [0.25, 0.3) is 0 Å². The first-order chi connectivity index (χ1) is 10.5.